The maximum atomic E-state index is 12.9. The molecule has 0 aliphatic carbocycles. The van der Waals surface area contributed by atoms with Crippen molar-refractivity contribution in [3.05, 3.63) is 72.9 Å². The van der Waals surface area contributed by atoms with E-state index in [0.29, 0.717) is 19.3 Å². The van der Waals surface area contributed by atoms with Crippen molar-refractivity contribution in [2.24, 2.45) is 0 Å². The lowest BCUT2D eigenvalue weighted by molar-refractivity contribution is -0.167. The van der Waals surface area contributed by atoms with Crippen molar-refractivity contribution in [2.45, 2.75) is 341 Å². The Morgan fingerprint density at radius 1 is 0.276 bits per heavy atom. The molecule has 0 aromatic rings. The maximum absolute atomic E-state index is 12.9. The average molecular weight is 1060 g/mol. The minimum atomic E-state index is -0.780. The average Bonchev–Trinajstić information content (AvgIpc) is 3.42. The van der Waals surface area contributed by atoms with E-state index in [1.807, 2.05) is 0 Å². The third-order valence-electron chi connectivity index (χ3n) is 14.4. The summed E-state index contributed by atoms with van der Waals surface area (Å²) in [5.74, 6) is -0.873. The van der Waals surface area contributed by atoms with Crippen LogP contribution in [0.25, 0.3) is 0 Å². The summed E-state index contributed by atoms with van der Waals surface area (Å²) in [4.78, 5) is 38.4. The van der Waals surface area contributed by atoms with Crippen molar-refractivity contribution >= 4 is 17.9 Å². The van der Waals surface area contributed by atoms with E-state index in [1.54, 1.807) is 0 Å². The Hall–Kier alpha value is -3.15. The van der Waals surface area contributed by atoms with Crippen LogP contribution < -0.4 is 0 Å². The van der Waals surface area contributed by atoms with Crippen molar-refractivity contribution in [1.82, 2.24) is 0 Å². The van der Waals surface area contributed by atoms with Gasteiger partial charge in [-0.05, 0) is 89.9 Å². The number of hydrogen-bond donors (Lipinski definition) is 0. The van der Waals surface area contributed by atoms with Crippen LogP contribution in [0.2, 0.25) is 0 Å². The van der Waals surface area contributed by atoms with Crippen LogP contribution in [0.1, 0.15) is 335 Å². The molecule has 0 saturated heterocycles. The van der Waals surface area contributed by atoms with Gasteiger partial charge in [-0.15, -0.1) is 0 Å². The Morgan fingerprint density at radius 3 is 0.816 bits per heavy atom. The van der Waals surface area contributed by atoms with Crippen molar-refractivity contribution in [3.8, 4) is 0 Å². The van der Waals surface area contributed by atoms with Crippen molar-refractivity contribution < 1.29 is 28.6 Å². The Labute approximate surface area is 472 Å². The molecule has 1 atom stereocenters. The van der Waals surface area contributed by atoms with Crippen LogP contribution >= 0.6 is 0 Å². The van der Waals surface area contributed by atoms with Crippen LogP contribution in [-0.4, -0.2) is 37.2 Å². The zero-order valence-corrected chi connectivity index (χ0v) is 50.5. The van der Waals surface area contributed by atoms with Gasteiger partial charge in [-0.3, -0.25) is 14.4 Å². The lowest BCUT2D eigenvalue weighted by Crippen LogP contribution is -2.30. The molecule has 0 aromatic carbocycles. The van der Waals surface area contributed by atoms with E-state index in [2.05, 4.69) is 93.7 Å². The van der Waals surface area contributed by atoms with Crippen LogP contribution in [0.3, 0.4) is 0 Å². The number of carbonyl (C=O) groups is 3. The van der Waals surface area contributed by atoms with E-state index >= 15 is 0 Å². The number of unbranched alkanes of at least 4 members (excludes halogenated alkanes) is 37. The minimum absolute atomic E-state index is 0.0779. The summed E-state index contributed by atoms with van der Waals surface area (Å²) in [6, 6.07) is 0. The summed E-state index contributed by atoms with van der Waals surface area (Å²) < 4.78 is 17.0. The monoisotopic (exact) mass is 1060 g/mol. The van der Waals surface area contributed by atoms with Crippen LogP contribution in [0, 0.1) is 0 Å². The van der Waals surface area contributed by atoms with Crippen molar-refractivity contribution in [1.29, 1.82) is 0 Å². The molecule has 0 bridgehead atoms. The van der Waals surface area contributed by atoms with E-state index in [9.17, 15) is 14.4 Å². The minimum Gasteiger partial charge on any atom is -0.462 e. The standard InChI is InChI=1S/C70H124O6/c1-4-7-10-13-16-19-22-25-28-30-32-33-34-35-36-37-38-40-42-45-48-51-54-57-60-63-69(72)75-66-67(65-74-68(71)62-59-56-53-50-47-44-41-27-24-21-18-15-12-9-6-3)76-70(73)64-61-58-55-52-49-46-43-39-31-29-26-23-20-17-14-11-8-5-2/h7,10,16,19,25,27-28,32-33,35-36,41,67H,4-6,8-9,11-15,17-18,20-24,26,29-31,34,37-40,42-66H2,1-3H3/b10-7-,19-16-,28-25-,33-32-,36-35-,41-27-. The predicted molar refractivity (Wildman–Crippen MR) is 330 cm³/mol. The second kappa shape index (κ2) is 64.4. The molecule has 0 aromatic heterocycles. The van der Waals surface area contributed by atoms with Gasteiger partial charge in [0.15, 0.2) is 6.10 Å². The lowest BCUT2D eigenvalue weighted by atomic mass is 10.0. The van der Waals surface area contributed by atoms with Gasteiger partial charge in [-0.25, -0.2) is 0 Å². The third kappa shape index (κ3) is 61.7. The first-order chi connectivity index (χ1) is 37.5. The SMILES string of the molecule is CC/C=C\C/C=C\C/C=C\C/C=C\C/C=C\CCCCCCCCCCCC(=O)OCC(COC(=O)CCCCCCC/C=C\CCCCCCCC)OC(=O)CCCCCCCCCCCCCCCCCCCC. The van der Waals surface area contributed by atoms with Gasteiger partial charge in [0.25, 0.3) is 0 Å². The molecule has 0 saturated carbocycles. The third-order valence-corrected chi connectivity index (χ3v) is 14.4. The molecular formula is C70H124O6. The molecule has 76 heavy (non-hydrogen) atoms. The van der Waals surface area contributed by atoms with Gasteiger partial charge < -0.3 is 14.2 Å². The molecule has 0 rings (SSSR count). The number of allylic oxidation sites excluding steroid dienone is 12. The van der Waals surface area contributed by atoms with Crippen molar-refractivity contribution in [3.63, 3.8) is 0 Å². The second-order valence-corrected chi connectivity index (χ2v) is 22.0. The molecule has 0 spiro atoms. The molecule has 0 heterocycles. The Balaban J connectivity index is 4.33. The molecule has 0 fully saturated rings. The fourth-order valence-corrected chi connectivity index (χ4v) is 9.53. The molecular weight excluding hydrogens is 937 g/mol. The van der Waals surface area contributed by atoms with Crippen LogP contribution in [-0.2, 0) is 28.6 Å². The van der Waals surface area contributed by atoms with Crippen LogP contribution in [0.4, 0.5) is 0 Å². The Kier molecular flexibility index (Phi) is 61.7. The Bertz CT molecular complexity index is 1400. The molecule has 440 valence electrons. The molecule has 0 radical (unpaired) electrons. The topological polar surface area (TPSA) is 78.9 Å². The first-order valence-electron chi connectivity index (χ1n) is 32.9. The summed E-state index contributed by atoms with van der Waals surface area (Å²) >= 11 is 0. The number of rotatable bonds is 60. The highest BCUT2D eigenvalue weighted by Gasteiger charge is 2.19. The highest BCUT2D eigenvalue weighted by atomic mass is 16.6. The largest absolute Gasteiger partial charge is 0.462 e. The normalized spacial score (nSPS) is 12.5. The van der Waals surface area contributed by atoms with Crippen LogP contribution in [0.5, 0.6) is 0 Å². The molecule has 0 aliphatic rings. The van der Waals surface area contributed by atoms with Crippen LogP contribution in [0.15, 0.2) is 72.9 Å². The molecule has 6 heteroatoms. The van der Waals surface area contributed by atoms with E-state index in [1.165, 1.54) is 193 Å². The van der Waals surface area contributed by atoms with Gasteiger partial charge in [-0.1, -0.05) is 299 Å². The van der Waals surface area contributed by atoms with Gasteiger partial charge in [0.1, 0.15) is 13.2 Å². The summed E-state index contributed by atoms with van der Waals surface area (Å²) in [7, 11) is 0. The number of esters is 3. The van der Waals surface area contributed by atoms with Gasteiger partial charge in [0.2, 0.25) is 0 Å². The number of hydrogen-bond acceptors (Lipinski definition) is 6. The highest BCUT2D eigenvalue weighted by Crippen LogP contribution is 2.17. The lowest BCUT2D eigenvalue weighted by Gasteiger charge is -2.18. The number of carbonyl (C=O) groups excluding carboxylic acids is 3. The fraction of sp³-hybridized carbons (Fsp3) is 0.786. The van der Waals surface area contributed by atoms with Gasteiger partial charge in [0, 0.05) is 19.3 Å². The molecule has 6 nitrogen and oxygen atoms in total. The highest BCUT2D eigenvalue weighted by molar-refractivity contribution is 5.71. The van der Waals surface area contributed by atoms with Gasteiger partial charge in [-0.2, -0.15) is 0 Å². The smallest absolute Gasteiger partial charge is 0.306 e. The van der Waals surface area contributed by atoms with Gasteiger partial charge >= 0.3 is 17.9 Å². The van der Waals surface area contributed by atoms with Gasteiger partial charge in [0.05, 0.1) is 0 Å². The summed E-state index contributed by atoms with van der Waals surface area (Å²) in [5.41, 5.74) is 0. The summed E-state index contributed by atoms with van der Waals surface area (Å²) in [6.45, 7) is 6.56. The zero-order chi connectivity index (χ0) is 55.0. The molecule has 0 N–H and O–H groups in total. The second-order valence-electron chi connectivity index (χ2n) is 22.0. The fourth-order valence-electron chi connectivity index (χ4n) is 9.53. The first-order valence-corrected chi connectivity index (χ1v) is 32.9. The number of ether oxygens (including phenoxy) is 3. The van der Waals surface area contributed by atoms with E-state index in [-0.39, 0.29) is 31.1 Å². The molecule has 1 unspecified atom stereocenters. The summed E-state index contributed by atoms with van der Waals surface area (Å²) in [5, 5.41) is 0. The summed E-state index contributed by atoms with van der Waals surface area (Å²) in [6.07, 6.45) is 83.3. The Morgan fingerprint density at radius 2 is 0.513 bits per heavy atom. The molecule has 0 amide bonds. The van der Waals surface area contributed by atoms with E-state index < -0.39 is 6.10 Å². The van der Waals surface area contributed by atoms with E-state index in [0.717, 1.165) is 103 Å². The first kappa shape index (κ1) is 72.8. The predicted octanol–water partition coefficient (Wildman–Crippen LogP) is 22.5. The van der Waals surface area contributed by atoms with Crippen molar-refractivity contribution in [2.75, 3.05) is 13.2 Å². The quantitative estimate of drug-likeness (QED) is 0.0261. The zero-order valence-electron chi connectivity index (χ0n) is 50.5. The molecule has 0 aliphatic heterocycles. The maximum Gasteiger partial charge on any atom is 0.306 e. The van der Waals surface area contributed by atoms with E-state index in [4.69, 9.17) is 14.2 Å².